The molecule has 0 aromatic heterocycles. The van der Waals surface area contributed by atoms with Crippen LogP contribution >= 0.6 is 0 Å². The Morgan fingerprint density at radius 3 is 2.37 bits per heavy atom. The zero-order chi connectivity index (χ0) is 26.8. The lowest BCUT2D eigenvalue weighted by molar-refractivity contribution is -0.126. The highest BCUT2D eigenvalue weighted by molar-refractivity contribution is 5.83. The van der Waals surface area contributed by atoms with E-state index in [1.165, 1.54) is 44.1 Å². The summed E-state index contributed by atoms with van der Waals surface area (Å²) < 4.78 is 0. The average molecular weight is 487 g/mol. The van der Waals surface area contributed by atoms with Crippen LogP contribution in [0.5, 0.6) is 0 Å². The first kappa shape index (κ1) is 31.9. The number of allylic oxidation sites excluding steroid dienone is 3. The highest BCUT2D eigenvalue weighted by Crippen LogP contribution is 2.60. The second-order valence-corrected chi connectivity index (χ2v) is 12.0. The van der Waals surface area contributed by atoms with Gasteiger partial charge in [-0.25, -0.2) is 0 Å². The zero-order valence-corrected chi connectivity index (χ0v) is 24.8. The summed E-state index contributed by atoms with van der Waals surface area (Å²) in [6.45, 7) is 23.2. The van der Waals surface area contributed by atoms with Crippen molar-refractivity contribution < 1.29 is 9.90 Å². The van der Waals surface area contributed by atoms with E-state index in [1.54, 1.807) is 5.57 Å². The molecule has 0 saturated heterocycles. The van der Waals surface area contributed by atoms with Crippen molar-refractivity contribution in [3.63, 3.8) is 0 Å². The van der Waals surface area contributed by atoms with Gasteiger partial charge in [-0.05, 0) is 92.1 Å². The molecule has 3 fully saturated rings. The molecule has 0 aliphatic heterocycles. The summed E-state index contributed by atoms with van der Waals surface area (Å²) >= 11 is 0. The molecule has 0 bridgehead atoms. The zero-order valence-electron chi connectivity index (χ0n) is 24.8. The number of carbonyl (C=O) groups is 1. The molecular weight excluding hydrogens is 428 g/mol. The maximum Gasteiger partial charge on any atom is 0.138 e. The van der Waals surface area contributed by atoms with E-state index < -0.39 is 0 Å². The van der Waals surface area contributed by atoms with Crippen LogP contribution in [0.1, 0.15) is 133 Å². The minimum Gasteiger partial charge on any atom is -0.388 e. The van der Waals surface area contributed by atoms with Gasteiger partial charge in [-0.3, -0.25) is 4.79 Å². The third-order valence-electron chi connectivity index (χ3n) is 8.86. The smallest absolute Gasteiger partial charge is 0.138 e. The molecule has 2 unspecified atom stereocenters. The van der Waals surface area contributed by atoms with E-state index in [9.17, 15) is 9.90 Å². The molecule has 0 spiro atoms. The molecule has 0 aromatic rings. The third-order valence-corrected chi connectivity index (χ3v) is 8.86. The van der Waals surface area contributed by atoms with Crippen LogP contribution in [0.25, 0.3) is 0 Å². The summed E-state index contributed by atoms with van der Waals surface area (Å²) in [6.07, 6.45) is 16.7. The SMILES string of the molecule is C=C1/C(=C\C=C2/CCCC3(C)[C@@H]([C@H](C)CCCC(=O)C(C)(C)C)CC[C@@H]23)CCCC1O.CC.CC. The Morgan fingerprint density at radius 2 is 1.74 bits per heavy atom. The van der Waals surface area contributed by atoms with Crippen LogP contribution < -0.4 is 0 Å². The molecule has 2 heteroatoms. The summed E-state index contributed by atoms with van der Waals surface area (Å²) in [5.41, 5.74) is 4.02. The van der Waals surface area contributed by atoms with E-state index in [0.29, 0.717) is 23.0 Å². The molecule has 3 rings (SSSR count). The molecule has 2 nitrogen and oxygen atoms in total. The molecule has 5 atom stereocenters. The number of aliphatic hydroxyl groups is 1. The second-order valence-electron chi connectivity index (χ2n) is 12.0. The molecule has 0 amide bonds. The van der Waals surface area contributed by atoms with Crippen molar-refractivity contribution in [2.24, 2.45) is 28.6 Å². The largest absolute Gasteiger partial charge is 0.388 e. The number of rotatable bonds is 6. The Kier molecular flexibility index (Phi) is 13.3. The van der Waals surface area contributed by atoms with Gasteiger partial charge in [0.1, 0.15) is 5.78 Å². The minimum absolute atomic E-state index is 0.203. The number of hydrogen-bond acceptors (Lipinski definition) is 2. The Balaban J connectivity index is 0.00000145. The highest BCUT2D eigenvalue weighted by atomic mass is 16.3. The predicted molar refractivity (Wildman–Crippen MR) is 154 cm³/mol. The average Bonchev–Trinajstić information content (AvgIpc) is 3.19. The third kappa shape index (κ3) is 8.17. The molecule has 1 N–H and O–H groups in total. The van der Waals surface area contributed by atoms with E-state index in [0.717, 1.165) is 43.6 Å². The fourth-order valence-corrected chi connectivity index (χ4v) is 6.81. The molecule has 0 heterocycles. The maximum atomic E-state index is 12.3. The Morgan fingerprint density at radius 1 is 1.09 bits per heavy atom. The fourth-order valence-electron chi connectivity index (χ4n) is 6.81. The summed E-state index contributed by atoms with van der Waals surface area (Å²) in [5, 5.41) is 10.1. The first-order valence-corrected chi connectivity index (χ1v) is 14.8. The Hall–Kier alpha value is -1.15. The predicted octanol–water partition coefficient (Wildman–Crippen LogP) is 9.63. The van der Waals surface area contributed by atoms with Gasteiger partial charge in [0.05, 0.1) is 6.10 Å². The lowest BCUT2D eigenvalue weighted by Gasteiger charge is -2.44. The van der Waals surface area contributed by atoms with Gasteiger partial charge >= 0.3 is 0 Å². The van der Waals surface area contributed by atoms with E-state index in [4.69, 9.17) is 0 Å². The van der Waals surface area contributed by atoms with Gasteiger partial charge in [0.2, 0.25) is 0 Å². The quantitative estimate of drug-likeness (QED) is 0.405. The number of fused-ring (bicyclic) bond motifs is 1. The van der Waals surface area contributed by atoms with Crippen LogP contribution in [0, 0.1) is 28.6 Å². The lowest BCUT2D eigenvalue weighted by Crippen LogP contribution is -2.36. The van der Waals surface area contributed by atoms with Crippen LogP contribution in [0.2, 0.25) is 0 Å². The van der Waals surface area contributed by atoms with Gasteiger partial charge in [-0.15, -0.1) is 0 Å². The molecule has 3 aliphatic rings. The van der Waals surface area contributed by atoms with Gasteiger partial charge < -0.3 is 5.11 Å². The molecular formula is C33H58O2. The Bertz CT molecular complexity index is 735. The number of carbonyl (C=O) groups excluding carboxylic acids is 1. The van der Waals surface area contributed by atoms with E-state index in [1.807, 2.05) is 48.5 Å². The van der Waals surface area contributed by atoms with Crippen LogP contribution in [-0.4, -0.2) is 17.0 Å². The van der Waals surface area contributed by atoms with Gasteiger partial charge in [0, 0.05) is 11.8 Å². The van der Waals surface area contributed by atoms with E-state index >= 15 is 0 Å². The van der Waals surface area contributed by atoms with Crippen molar-refractivity contribution in [2.45, 2.75) is 139 Å². The summed E-state index contributed by atoms with van der Waals surface area (Å²) in [4.78, 5) is 12.3. The van der Waals surface area contributed by atoms with Crippen molar-refractivity contribution in [3.8, 4) is 0 Å². The van der Waals surface area contributed by atoms with Crippen LogP contribution in [0.15, 0.2) is 35.5 Å². The van der Waals surface area contributed by atoms with Gasteiger partial charge in [-0.1, -0.05) is 93.0 Å². The summed E-state index contributed by atoms with van der Waals surface area (Å²) in [6, 6.07) is 0. The van der Waals surface area contributed by atoms with Crippen LogP contribution in [0.4, 0.5) is 0 Å². The maximum absolute atomic E-state index is 12.3. The van der Waals surface area contributed by atoms with Crippen LogP contribution in [-0.2, 0) is 4.79 Å². The molecule has 0 radical (unpaired) electrons. The van der Waals surface area contributed by atoms with Crippen molar-refractivity contribution >= 4 is 5.78 Å². The van der Waals surface area contributed by atoms with Crippen molar-refractivity contribution in [1.82, 2.24) is 0 Å². The monoisotopic (exact) mass is 486 g/mol. The summed E-state index contributed by atoms with van der Waals surface area (Å²) in [5.74, 6) is 2.56. The topological polar surface area (TPSA) is 37.3 Å². The van der Waals surface area contributed by atoms with Crippen LogP contribution in [0.3, 0.4) is 0 Å². The second kappa shape index (κ2) is 14.6. The standard InChI is InChI=1S/C29H46O2.2C2H6/c1-20(10-7-14-27(31)28(3,4)5)24-17-18-25-23(12-9-19-29(24,25)6)16-15-22-11-8-13-26(30)21(22)2;2*1-2/h15-16,20,24-26,30H,2,7-14,17-19H2,1,3-6H3;2*1-2H3/b22-15-,23-16+;;/t20-,24-,25+,26?,29?;;/m1../s1. The number of aliphatic hydroxyl groups excluding tert-OH is 1. The van der Waals surface area contributed by atoms with Crippen molar-refractivity contribution in [2.75, 3.05) is 0 Å². The van der Waals surface area contributed by atoms with Crippen molar-refractivity contribution in [3.05, 3.63) is 35.5 Å². The highest BCUT2D eigenvalue weighted by Gasteiger charge is 2.50. The Labute approximate surface area is 218 Å². The molecule has 3 aliphatic carbocycles. The lowest BCUT2D eigenvalue weighted by atomic mass is 9.60. The van der Waals surface area contributed by atoms with E-state index in [2.05, 4.69) is 32.6 Å². The number of Topliss-reactive ketones (excluding diaryl/α,β-unsaturated/α-hetero) is 1. The molecule has 3 saturated carbocycles. The number of ketones is 1. The van der Waals surface area contributed by atoms with E-state index in [-0.39, 0.29) is 11.5 Å². The molecule has 35 heavy (non-hydrogen) atoms. The first-order valence-electron chi connectivity index (χ1n) is 14.8. The number of hydrogen-bond donors (Lipinski definition) is 1. The summed E-state index contributed by atoms with van der Waals surface area (Å²) in [7, 11) is 0. The first-order chi connectivity index (χ1) is 16.5. The van der Waals surface area contributed by atoms with Gasteiger partial charge in [-0.2, -0.15) is 0 Å². The normalized spacial score (nSPS) is 31.7. The minimum atomic E-state index is -0.350. The van der Waals surface area contributed by atoms with Gasteiger partial charge in [0.25, 0.3) is 0 Å². The van der Waals surface area contributed by atoms with Gasteiger partial charge in [0.15, 0.2) is 0 Å². The molecule has 202 valence electrons. The van der Waals surface area contributed by atoms with Crippen molar-refractivity contribution in [1.29, 1.82) is 0 Å². The molecule has 0 aromatic carbocycles. The fraction of sp³-hybridized carbons (Fsp3) is 0.788.